The fourth-order valence-electron chi connectivity index (χ4n) is 2.70. The average molecular weight is 270 g/mol. The first-order valence-corrected chi connectivity index (χ1v) is 6.89. The molecule has 1 aromatic rings. The fraction of sp³-hybridized carbons (Fsp3) is 0.600. The van der Waals surface area contributed by atoms with Crippen molar-refractivity contribution in [3.63, 3.8) is 0 Å². The first-order valence-electron chi connectivity index (χ1n) is 6.89. The first kappa shape index (κ1) is 14.3. The van der Waals surface area contributed by atoms with Crippen molar-refractivity contribution in [1.82, 2.24) is 0 Å². The topological polar surface area (TPSA) is 29.5 Å². The molecule has 1 aliphatic rings. The summed E-state index contributed by atoms with van der Waals surface area (Å²) >= 11 is 0. The largest absolute Gasteiger partial charge is 0.484 e. The zero-order valence-corrected chi connectivity index (χ0v) is 11.2. The summed E-state index contributed by atoms with van der Waals surface area (Å²) < 4.78 is 33.0. The molecule has 0 amide bonds. The molecule has 2 unspecified atom stereocenters. The molecule has 4 heteroatoms. The van der Waals surface area contributed by atoms with Gasteiger partial charge in [-0.1, -0.05) is 19.8 Å². The van der Waals surface area contributed by atoms with E-state index >= 15 is 0 Å². The zero-order chi connectivity index (χ0) is 13.8. The number of hydrogen-bond donors (Lipinski definition) is 1. The van der Waals surface area contributed by atoms with Crippen LogP contribution in [0, 0.1) is 17.6 Å². The highest BCUT2D eigenvalue weighted by Gasteiger charge is 2.24. The second kappa shape index (κ2) is 6.33. The van der Waals surface area contributed by atoms with Gasteiger partial charge in [-0.25, -0.2) is 8.78 Å². The van der Waals surface area contributed by atoms with E-state index in [-0.39, 0.29) is 24.0 Å². The summed E-state index contributed by atoms with van der Waals surface area (Å²) in [6, 6.07) is 2.25. The molecule has 2 nitrogen and oxygen atoms in total. The van der Waals surface area contributed by atoms with Gasteiger partial charge in [-0.3, -0.25) is 0 Å². The minimum absolute atomic E-state index is 0.109. The number of aliphatic hydroxyl groups excluding tert-OH is 1. The summed E-state index contributed by atoms with van der Waals surface area (Å²) in [5.74, 6) is -1.19. The number of ether oxygens (including phenoxy) is 1. The number of hydrogen-bond acceptors (Lipinski definition) is 2. The summed E-state index contributed by atoms with van der Waals surface area (Å²) in [5.41, 5.74) is 0.220. The van der Waals surface area contributed by atoms with Crippen molar-refractivity contribution in [2.24, 2.45) is 5.92 Å². The highest BCUT2D eigenvalue weighted by molar-refractivity contribution is 5.31. The Balaban J connectivity index is 2.10. The monoisotopic (exact) mass is 270 g/mol. The van der Waals surface area contributed by atoms with E-state index in [1.54, 1.807) is 0 Å². The lowest BCUT2D eigenvalue weighted by Gasteiger charge is -2.29. The van der Waals surface area contributed by atoms with Gasteiger partial charge in [0.15, 0.2) is 17.4 Å². The van der Waals surface area contributed by atoms with Gasteiger partial charge in [0.25, 0.3) is 0 Å². The van der Waals surface area contributed by atoms with Gasteiger partial charge in [-0.15, -0.1) is 0 Å². The number of halogens is 2. The Labute approximate surface area is 112 Å². The van der Waals surface area contributed by atoms with Crippen LogP contribution in [0.3, 0.4) is 0 Å². The molecule has 106 valence electrons. The molecule has 0 spiro atoms. The third-order valence-corrected chi connectivity index (χ3v) is 3.84. The number of benzene rings is 1. The molecule has 0 aliphatic heterocycles. The fourth-order valence-corrected chi connectivity index (χ4v) is 2.70. The van der Waals surface area contributed by atoms with Crippen LogP contribution in [0.25, 0.3) is 0 Å². The summed E-state index contributed by atoms with van der Waals surface area (Å²) in [5, 5.41) is 8.89. The summed E-state index contributed by atoms with van der Waals surface area (Å²) in [4.78, 5) is 0. The molecule has 1 fully saturated rings. The summed E-state index contributed by atoms with van der Waals surface area (Å²) in [7, 11) is 0. The molecule has 0 saturated heterocycles. The lowest BCUT2D eigenvalue weighted by Crippen LogP contribution is -2.25. The SMILES string of the molecule is CCC1CCCC(Oc2c(F)cc(CO)cc2F)C1. The Bertz CT molecular complexity index is 411. The van der Waals surface area contributed by atoms with Crippen LogP contribution < -0.4 is 4.74 Å². The van der Waals surface area contributed by atoms with Crippen LogP contribution in [0.1, 0.15) is 44.6 Å². The maximum absolute atomic E-state index is 13.8. The van der Waals surface area contributed by atoms with E-state index in [0.29, 0.717) is 5.92 Å². The first-order chi connectivity index (χ1) is 9.13. The van der Waals surface area contributed by atoms with E-state index in [1.807, 2.05) is 0 Å². The van der Waals surface area contributed by atoms with Gasteiger partial charge in [0.1, 0.15) is 0 Å². The van der Waals surface area contributed by atoms with Gasteiger partial charge in [0, 0.05) is 0 Å². The van der Waals surface area contributed by atoms with Gasteiger partial charge in [-0.2, -0.15) is 0 Å². The molecule has 19 heavy (non-hydrogen) atoms. The van der Waals surface area contributed by atoms with Crippen LogP contribution >= 0.6 is 0 Å². The summed E-state index contributed by atoms with van der Waals surface area (Å²) in [6.07, 6.45) is 4.89. The Morgan fingerprint density at radius 1 is 1.26 bits per heavy atom. The van der Waals surface area contributed by atoms with E-state index in [0.717, 1.165) is 37.8 Å². The quantitative estimate of drug-likeness (QED) is 0.901. The van der Waals surface area contributed by atoms with Crippen molar-refractivity contribution in [1.29, 1.82) is 0 Å². The van der Waals surface area contributed by atoms with Gasteiger partial charge < -0.3 is 9.84 Å². The van der Waals surface area contributed by atoms with E-state index in [1.165, 1.54) is 6.42 Å². The van der Waals surface area contributed by atoms with Crippen molar-refractivity contribution < 1.29 is 18.6 Å². The molecule has 0 aromatic heterocycles. The Morgan fingerprint density at radius 2 is 1.95 bits per heavy atom. The minimum atomic E-state index is -0.734. The highest BCUT2D eigenvalue weighted by atomic mass is 19.1. The van der Waals surface area contributed by atoms with Crippen LogP contribution in [-0.4, -0.2) is 11.2 Å². The molecular weight excluding hydrogens is 250 g/mol. The van der Waals surface area contributed by atoms with E-state index in [9.17, 15) is 8.78 Å². The number of aliphatic hydroxyl groups is 1. The predicted octanol–water partition coefficient (Wildman–Crippen LogP) is 3.80. The third kappa shape index (κ3) is 3.44. The normalized spacial score (nSPS) is 23.4. The summed E-state index contributed by atoms with van der Waals surface area (Å²) in [6.45, 7) is 1.75. The van der Waals surface area contributed by atoms with Crippen LogP contribution in [0.2, 0.25) is 0 Å². The van der Waals surface area contributed by atoms with E-state index in [2.05, 4.69) is 6.92 Å². The van der Waals surface area contributed by atoms with Crippen molar-refractivity contribution in [3.05, 3.63) is 29.3 Å². The lowest BCUT2D eigenvalue weighted by molar-refractivity contribution is 0.112. The Kier molecular flexibility index (Phi) is 4.75. The van der Waals surface area contributed by atoms with Crippen molar-refractivity contribution in [2.45, 2.75) is 51.7 Å². The lowest BCUT2D eigenvalue weighted by atomic mass is 9.85. The van der Waals surface area contributed by atoms with Gasteiger partial charge in [0.2, 0.25) is 0 Å². The molecule has 1 N–H and O–H groups in total. The van der Waals surface area contributed by atoms with Crippen LogP contribution in [-0.2, 0) is 6.61 Å². The van der Waals surface area contributed by atoms with Crippen molar-refractivity contribution in [2.75, 3.05) is 0 Å². The average Bonchev–Trinajstić information content (AvgIpc) is 2.42. The molecule has 0 bridgehead atoms. The minimum Gasteiger partial charge on any atom is -0.484 e. The molecule has 1 aliphatic carbocycles. The second-order valence-electron chi connectivity index (χ2n) is 5.23. The Hall–Kier alpha value is -1.16. The molecule has 2 atom stereocenters. The number of rotatable bonds is 4. The van der Waals surface area contributed by atoms with Crippen LogP contribution in [0.5, 0.6) is 5.75 Å². The third-order valence-electron chi connectivity index (χ3n) is 3.84. The smallest absolute Gasteiger partial charge is 0.191 e. The van der Waals surface area contributed by atoms with Gasteiger partial charge in [0.05, 0.1) is 12.7 Å². The molecular formula is C15H20F2O2. The van der Waals surface area contributed by atoms with E-state index < -0.39 is 11.6 Å². The molecule has 0 radical (unpaired) electrons. The molecule has 0 heterocycles. The van der Waals surface area contributed by atoms with Gasteiger partial charge >= 0.3 is 0 Å². The molecule has 1 aromatic carbocycles. The van der Waals surface area contributed by atoms with E-state index in [4.69, 9.17) is 9.84 Å². The van der Waals surface area contributed by atoms with Crippen molar-refractivity contribution >= 4 is 0 Å². The molecule has 1 saturated carbocycles. The maximum atomic E-state index is 13.8. The highest BCUT2D eigenvalue weighted by Crippen LogP contribution is 2.32. The molecule has 2 rings (SSSR count). The standard InChI is InChI=1S/C15H20F2O2/c1-2-10-4-3-5-12(6-10)19-15-13(16)7-11(9-18)8-14(15)17/h7-8,10,12,18H,2-6,9H2,1H3. The van der Waals surface area contributed by atoms with Crippen LogP contribution in [0.4, 0.5) is 8.78 Å². The predicted molar refractivity (Wildman–Crippen MR) is 68.9 cm³/mol. The maximum Gasteiger partial charge on any atom is 0.191 e. The zero-order valence-electron chi connectivity index (χ0n) is 11.2. The second-order valence-corrected chi connectivity index (χ2v) is 5.23. The van der Waals surface area contributed by atoms with Crippen molar-refractivity contribution in [3.8, 4) is 5.75 Å². The Morgan fingerprint density at radius 3 is 2.53 bits per heavy atom. The van der Waals surface area contributed by atoms with Crippen LogP contribution in [0.15, 0.2) is 12.1 Å². The van der Waals surface area contributed by atoms with Gasteiger partial charge in [-0.05, 0) is 42.9 Å².